The first kappa shape index (κ1) is 16.9. The number of piperidine rings is 1. The van der Waals surface area contributed by atoms with E-state index in [2.05, 4.69) is 24.2 Å². The van der Waals surface area contributed by atoms with E-state index in [9.17, 15) is 4.79 Å². The molecule has 1 fully saturated rings. The van der Waals surface area contributed by atoms with Crippen molar-refractivity contribution in [1.82, 2.24) is 14.7 Å². The maximum Gasteiger partial charge on any atom is 0.231 e. The first-order valence-electron chi connectivity index (χ1n) is 9.16. The van der Waals surface area contributed by atoms with Gasteiger partial charge in [0.1, 0.15) is 0 Å². The molecule has 1 aromatic carbocycles. The molecule has 0 unspecified atom stereocenters. The average molecular weight is 355 g/mol. The molecule has 2 aromatic rings. The van der Waals surface area contributed by atoms with Crippen molar-refractivity contribution in [1.29, 1.82) is 0 Å². The van der Waals surface area contributed by atoms with E-state index in [0.29, 0.717) is 13.2 Å². The fourth-order valence-corrected chi connectivity index (χ4v) is 3.98. The number of ether oxygens (including phenoxy) is 2. The van der Waals surface area contributed by atoms with Crippen LogP contribution in [0, 0.1) is 5.41 Å². The molecule has 0 radical (unpaired) electrons. The number of carbonyl (C=O) groups is 1. The Kier molecular flexibility index (Phi) is 4.34. The van der Waals surface area contributed by atoms with E-state index in [1.54, 1.807) is 6.20 Å². The van der Waals surface area contributed by atoms with Crippen molar-refractivity contribution in [2.24, 2.45) is 12.5 Å². The molecule has 26 heavy (non-hydrogen) atoms. The monoisotopic (exact) mass is 355 g/mol. The topological polar surface area (TPSA) is 56.6 Å². The van der Waals surface area contributed by atoms with Crippen LogP contribution in [0.15, 0.2) is 30.5 Å². The molecule has 3 heterocycles. The summed E-state index contributed by atoms with van der Waals surface area (Å²) in [5, 5.41) is 4.20. The molecule has 0 aliphatic carbocycles. The number of amides is 1. The Labute approximate surface area is 153 Å². The zero-order valence-electron chi connectivity index (χ0n) is 15.4. The first-order chi connectivity index (χ1) is 12.5. The quantitative estimate of drug-likeness (QED) is 0.827. The predicted octanol–water partition coefficient (Wildman–Crippen LogP) is 2.56. The molecule has 0 saturated carbocycles. The van der Waals surface area contributed by atoms with Crippen LogP contribution in [0.5, 0.6) is 11.5 Å². The van der Waals surface area contributed by atoms with Gasteiger partial charge in [0.2, 0.25) is 12.7 Å². The highest BCUT2D eigenvalue weighted by Crippen LogP contribution is 2.37. The number of rotatable bonds is 5. The van der Waals surface area contributed by atoms with Gasteiger partial charge in [0.15, 0.2) is 11.5 Å². The molecule has 6 nitrogen and oxygen atoms in total. The normalized spacial score (nSPS) is 22.1. The Balaban J connectivity index is 1.42. The van der Waals surface area contributed by atoms with Gasteiger partial charge >= 0.3 is 0 Å². The highest BCUT2D eigenvalue weighted by molar-refractivity contribution is 5.77. The van der Waals surface area contributed by atoms with Crippen LogP contribution < -0.4 is 9.47 Å². The molecule has 1 amide bonds. The van der Waals surface area contributed by atoms with Crippen LogP contribution in [0.2, 0.25) is 0 Å². The zero-order chi connectivity index (χ0) is 18.1. The van der Waals surface area contributed by atoms with Gasteiger partial charge in [-0.15, -0.1) is 0 Å². The Hall–Kier alpha value is -2.50. The average Bonchev–Trinajstić information content (AvgIpc) is 3.24. The number of benzene rings is 1. The van der Waals surface area contributed by atoms with Gasteiger partial charge in [-0.1, -0.05) is 13.0 Å². The third-order valence-corrected chi connectivity index (χ3v) is 5.50. The zero-order valence-corrected chi connectivity index (χ0v) is 15.4. The minimum Gasteiger partial charge on any atom is -0.454 e. The fourth-order valence-electron chi connectivity index (χ4n) is 3.98. The number of nitrogens with zero attached hydrogens (tertiary/aromatic N) is 3. The molecule has 2 aliphatic heterocycles. The summed E-state index contributed by atoms with van der Waals surface area (Å²) in [6.45, 7) is 4.11. The molecule has 6 heteroatoms. The van der Waals surface area contributed by atoms with Crippen LogP contribution in [0.4, 0.5) is 0 Å². The minimum atomic E-state index is 0.0774. The molecular weight excluding hydrogens is 330 g/mol. The molecule has 4 rings (SSSR count). The van der Waals surface area contributed by atoms with E-state index in [1.165, 1.54) is 5.56 Å². The second-order valence-corrected chi connectivity index (χ2v) is 7.69. The lowest BCUT2D eigenvalue weighted by molar-refractivity contribution is -0.137. The highest BCUT2D eigenvalue weighted by Gasteiger charge is 2.35. The smallest absolute Gasteiger partial charge is 0.231 e. The van der Waals surface area contributed by atoms with Gasteiger partial charge < -0.3 is 14.4 Å². The van der Waals surface area contributed by atoms with Gasteiger partial charge in [0.25, 0.3) is 0 Å². The fraction of sp³-hybridized carbons (Fsp3) is 0.500. The number of hydrogen-bond donors (Lipinski definition) is 0. The predicted molar refractivity (Wildman–Crippen MR) is 97.1 cm³/mol. The summed E-state index contributed by atoms with van der Waals surface area (Å²) in [4.78, 5) is 14.4. The van der Waals surface area contributed by atoms with Crippen LogP contribution in [0.25, 0.3) is 0 Å². The van der Waals surface area contributed by atoms with E-state index >= 15 is 0 Å². The van der Waals surface area contributed by atoms with Crippen LogP contribution in [-0.2, 0) is 24.7 Å². The number of likely N-dealkylation sites (tertiary alicyclic amines) is 1. The van der Waals surface area contributed by atoms with Crippen molar-refractivity contribution in [3.8, 4) is 11.5 Å². The molecule has 0 spiro atoms. The van der Waals surface area contributed by atoms with Gasteiger partial charge in [0.05, 0.1) is 0 Å². The standard InChI is InChI=1S/C20H25N3O3/c1-20(12-15-3-4-17-18(11-15)26-14-25-17)8-5-19(24)23(13-20)10-7-16-6-9-21-22(16)2/h3-4,6,9,11H,5,7-8,10,12-14H2,1-2H3/t20-/m1/s1. The Morgan fingerprint density at radius 3 is 2.88 bits per heavy atom. The van der Waals surface area contributed by atoms with Crippen molar-refractivity contribution < 1.29 is 14.3 Å². The second-order valence-electron chi connectivity index (χ2n) is 7.69. The van der Waals surface area contributed by atoms with Gasteiger partial charge in [0, 0.05) is 44.9 Å². The summed E-state index contributed by atoms with van der Waals surface area (Å²) in [6.07, 6.45) is 5.10. The van der Waals surface area contributed by atoms with Crippen LogP contribution in [-0.4, -0.2) is 40.5 Å². The first-order valence-corrected chi connectivity index (χ1v) is 9.16. The lowest BCUT2D eigenvalue weighted by Gasteiger charge is -2.40. The summed E-state index contributed by atoms with van der Waals surface area (Å²) in [5.74, 6) is 1.90. The Morgan fingerprint density at radius 1 is 1.23 bits per heavy atom. The lowest BCUT2D eigenvalue weighted by atomic mass is 9.76. The third kappa shape index (κ3) is 3.41. The summed E-state index contributed by atoms with van der Waals surface area (Å²) < 4.78 is 12.8. The summed E-state index contributed by atoms with van der Waals surface area (Å²) in [7, 11) is 1.94. The van der Waals surface area contributed by atoms with Crippen molar-refractivity contribution >= 4 is 5.91 Å². The summed E-state index contributed by atoms with van der Waals surface area (Å²) >= 11 is 0. The van der Waals surface area contributed by atoms with E-state index in [4.69, 9.17) is 9.47 Å². The maximum absolute atomic E-state index is 12.4. The Morgan fingerprint density at radius 2 is 2.08 bits per heavy atom. The molecule has 2 aliphatic rings. The SMILES string of the molecule is Cn1nccc1CCN1C[C@@](C)(Cc2ccc3c(c2)OCO3)CCC1=O. The van der Waals surface area contributed by atoms with Crippen molar-refractivity contribution in [3.05, 3.63) is 41.7 Å². The van der Waals surface area contributed by atoms with E-state index in [-0.39, 0.29) is 11.3 Å². The van der Waals surface area contributed by atoms with Crippen molar-refractivity contribution in [2.45, 2.75) is 32.6 Å². The molecular formula is C20H25N3O3. The molecule has 1 atom stereocenters. The van der Waals surface area contributed by atoms with Crippen LogP contribution in [0.3, 0.4) is 0 Å². The van der Waals surface area contributed by atoms with E-state index < -0.39 is 0 Å². The number of hydrogen-bond acceptors (Lipinski definition) is 4. The third-order valence-electron chi connectivity index (χ3n) is 5.50. The number of carbonyl (C=O) groups excluding carboxylic acids is 1. The largest absolute Gasteiger partial charge is 0.454 e. The number of aryl methyl sites for hydroxylation is 1. The summed E-state index contributed by atoms with van der Waals surface area (Å²) in [6, 6.07) is 8.18. The molecule has 138 valence electrons. The second kappa shape index (κ2) is 6.67. The Bertz CT molecular complexity index is 816. The van der Waals surface area contributed by atoms with Gasteiger partial charge in [-0.25, -0.2) is 0 Å². The molecule has 1 saturated heterocycles. The summed E-state index contributed by atoms with van der Waals surface area (Å²) in [5.41, 5.74) is 2.46. The molecule has 0 bridgehead atoms. The lowest BCUT2D eigenvalue weighted by Crippen LogP contribution is -2.47. The van der Waals surface area contributed by atoms with Crippen LogP contribution >= 0.6 is 0 Å². The number of aromatic nitrogens is 2. The van der Waals surface area contributed by atoms with E-state index in [1.807, 2.05) is 28.8 Å². The molecule has 0 N–H and O–H groups in total. The number of fused-ring (bicyclic) bond motifs is 1. The molecule has 1 aromatic heterocycles. The minimum absolute atomic E-state index is 0.0774. The van der Waals surface area contributed by atoms with Crippen molar-refractivity contribution in [2.75, 3.05) is 19.9 Å². The van der Waals surface area contributed by atoms with E-state index in [0.717, 1.165) is 49.5 Å². The van der Waals surface area contributed by atoms with Gasteiger partial charge in [-0.3, -0.25) is 9.48 Å². The van der Waals surface area contributed by atoms with Gasteiger partial charge in [-0.2, -0.15) is 5.10 Å². The van der Waals surface area contributed by atoms with Gasteiger partial charge in [-0.05, 0) is 42.0 Å². The highest BCUT2D eigenvalue weighted by atomic mass is 16.7. The maximum atomic E-state index is 12.4. The van der Waals surface area contributed by atoms with Crippen molar-refractivity contribution in [3.63, 3.8) is 0 Å². The van der Waals surface area contributed by atoms with Crippen LogP contribution in [0.1, 0.15) is 31.0 Å².